The largest absolute Gasteiger partial charge is 0.479 e. The van der Waals surface area contributed by atoms with Gasteiger partial charge in [0.15, 0.2) is 5.78 Å². The van der Waals surface area contributed by atoms with Crippen molar-refractivity contribution >= 4 is 39.9 Å². The van der Waals surface area contributed by atoms with E-state index in [2.05, 4.69) is 17.6 Å². The van der Waals surface area contributed by atoms with Crippen LogP contribution in [0.2, 0.25) is 0 Å². The fraction of sp³-hybridized carbons (Fsp3) is 0.229. The Balaban J connectivity index is 1.27. The van der Waals surface area contributed by atoms with Gasteiger partial charge in [-0.05, 0) is 63.7 Å². The molecular weight excluding hydrogens is 683 g/mol. The number of rotatable bonds is 17. The minimum absolute atomic E-state index is 0.140. The van der Waals surface area contributed by atoms with Gasteiger partial charge in [-0.15, -0.1) is 0 Å². The third-order valence-electron chi connectivity index (χ3n) is 10.2. The van der Waals surface area contributed by atoms with Crippen LogP contribution in [0.1, 0.15) is 66.1 Å². The molecule has 7 nitrogen and oxygen atoms in total. The fourth-order valence-electron chi connectivity index (χ4n) is 7.06. The third-order valence-corrected chi connectivity index (χ3v) is 10.2. The maximum absolute atomic E-state index is 13.7. The summed E-state index contributed by atoms with van der Waals surface area (Å²) in [7, 11) is 1.77. The Bertz CT molecular complexity index is 2230. The summed E-state index contributed by atoms with van der Waals surface area (Å²) in [5.74, 6) is -1.22. The Morgan fingerprint density at radius 3 is 2.07 bits per heavy atom. The highest BCUT2D eigenvalue weighted by atomic mass is 16.4. The zero-order valence-electron chi connectivity index (χ0n) is 31.6. The number of carbonyl (C=O) groups excluding carboxylic acids is 2. The average molecular weight is 732 g/mol. The monoisotopic (exact) mass is 731 g/mol. The van der Waals surface area contributed by atoms with E-state index in [1.54, 1.807) is 42.3 Å². The van der Waals surface area contributed by atoms with Gasteiger partial charge in [-0.25, -0.2) is 9.59 Å². The number of nitrogens with zero attached hydrogens (tertiary/aromatic N) is 1. The van der Waals surface area contributed by atoms with Gasteiger partial charge in [0.05, 0.1) is 0 Å². The molecule has 6 aromatic rings. The molecule has 3 N–H and O–H groups in total. The fourth-order valence-corrected chi connectivity index (χ4v) is 7.06. The number of fused-ring (bicyclic) bond motifs is 1. The van der Waals surface area contributed by atoms with Gasteiger partial charge < -0.3 is 15.7 Å². The van der Waals surface area contributed by atoms with Crippen molar-refractivity contribution in [1.82, 2.24) is 5.32 Å². The third kappa shape index (κ3) is 9.67. The first-order valence-corrected chi connectivity index (χ1v) is 19.2. The lowest BCUT2D eigenvalue weighted by Gasteiger charge is -2.33. The highest BCUT2D eigenvalue weighted by molar-refractivity contribution is 6.12. The molecule has 0 aliphatic rings. The molecule has 0 aliphatic carbocycles. The van der Waals surface area contributed by atoms with Crippen LogP contribution in [0.25, 0.3) is 21.9 Å². The van der Waals surface area contributed by atoms with Gasteiger partial charge in [0.25, 0.3) is 0 Å². The number of nitrogens with one attached hydrogen (secondary N) is 2. The number of benzene rings is 6. The summed E-state index contributed by atoms with van der Waals surface area (Å²) in [6, 6.07) is 45.8. The summed E-state index contributed by atoms with van der Waals surface area (Å²) in [5, 5.41) is 19.7. The molecule has 0 spiro atoms. The van der Waals surface area contributed by atoms with Crippen LogP contribution in [0.3, 0.4) is 0 Å². The molecule has 2 amide bonds. The minimum Gasteiger partial charge on any atom is -0.479 e. The molecule has 0 radical (unpaired) electrons. The number of hydrogen-bond acceptors (Lipinski definition) is 4. The van der Waals surface area contributed by atoms with E-state index >= 15 is 0 Å². The number of carboxylic acid groups (broad SMARTS) is 1. The number of carbonyl (C=O) groups is 3. The van der Waals surface area contributed by atoms with E-state index in [-0.39, 0.29) is 24.7 Å². The number of aliphatic carboxylic acids is 1. The molecule has 0 saturated heterocycles. The van der Waals surface area contributed by atoms with Crippen molar-refractivity contribution < 1.29 is 19.5 Å². The van der Waals surface area contributed by atoms with Crippen molar-refractivity contribution in [2.24, 2.45) is 0 Å². The summed E-state index contributed by atoms with van der Waals surface area (Å²) in [6.45, 7) is 2.84. The first-order valence-electron chi connectivity index (χ1n) is 19.2. The Labute approximate surface area is 324 Å². The van der Waals surface area contributed by atoms with Crippen LogP contribution in [0.15, 0.2) is 146 Å². The Morgan fingerprint density at radius 2 is 1.31 bits per heavy atom. The first kappa shape index (κ1) is 38.5. The smallest absolute Gasteiger partial charge is 0.330 e. The van der Waals surface area contributed by atoms with Gasteiger partial charge in [0.1, 0.15) is 5.54 Å². The highest BCUT2D eigenvalue weighted by Gasteiger charge is 2.40. The van der Waals surface area contributed by atoms with Crippen LogP contribution in [0.5, 0.6) is 0 Å². The Morgan fingerprint density at radius 1 is 0.636 bits per heavy atom. The zero-order chi connectivity index (χ0) is 38.6. The molecule has 0 bridgehead atoms. The van der Waals surface area contributed by atoms with Crippen LogP contribution in [-0.4, -0.2) is 42.0 Å². The number of amides is 2. The summed E-state index contributed by atoms with van der Waals surface area (Å²) in [4.78, 5) is 41.9. The molecule has 7 heteroatoms. The molecule has 6 rings (SSSR count). The molecule has 0 aromatic heterocycles. The number of urea groups is 1. The van der Waals surface area contributed by atoms with Gasteiger partial charge >= 0.3 is 12.0 Å². The Hall–Kier alpha value is -6.21. The molecule has 1 atom stereocenters. The first-order chi connectivity index (χ1) is 26.8. The molecular formula is C48H49N3O4. The molecule has 0 saturated carbocycles. The maximum Gasteiger partial charge on any atom is 0.330 e. The predicted molar refractivity (Wildman–Crippen MR) is 224 cm³/mol. The number of anilines is 2. The second-order valence-electron chi connectivity index (χ2n) is 14.2. The molecule has 6 aromatic carbocycles. The van der Waals surface area contributed by atoms with E-state index in [1.165, 1.54) is 19.3 Å². The molecule has 55 heavy (non-hydrogen) atoms. The van der Waals surface area contributed by atoms with E-state index in [0.717, 1.165) is 51.6 Å². The van der Waals surface area contributed by atoms with Crippen molar-refractivity contribution in [3.05, 3.63) is 168 Å². The van der Waals surface area contributed by atoms with Crippen molar-refractivity contribution in [2.75, 3.05) is 23.8 Å². The summed E-state index contributed by atoms with van der Waals surface area (Å²) in [6.07, 6.45) is 5.97. The van der Waals surface area contributed by atoms with Crippen LogP contribution in [0, 0.1) is 0 Å². The van der Waals surface area contributed by atoms with Crippen LogP contribution < -0.4 is 15.5 Å². The van der Waals surface area contributed by atoms with E-state index < -0.39 is 11.5 Å². The topological polar surface area (TPSA) is 98.7 Å². The Kier molecular flexibility index (Phi) is 12.8. The number of carboxylic acids is 1. The van der Waals surface area contributed by atoms with Gasteiger partial charge in [0, 0.05) is 48.9 Å². The standard InChI is InChI=1S/C48H49N3O4/c1-3-4-5-6-14-30-49-47(55)51(2)42-21-15-20-41(32-42)38-27-24-35(25-28-38)33-48(46(53)54,34-36-26-29-37-16-10-11-19-40(37)31-36)50-44-23-13-12-22-43(44)45(52)39-17-8-7-9-18-39/h7-13,15-29,31-32,50H,3-6,14,30,33-34H2,1-2H3,(H,49,55)(H,53,54)/t48-/m0/s1. The number of ketones is 1. The number of para-hydroxylation sites is 1. The van der Waals surface area contributed by atoms with Gasteiger partial charge in [-0.3, -0.25) is 9.69 Å². The van der Waals surface area contributed by atoms with E-state index in [9.17, 15) is 19.5 Å². The van der Waals surface area contributed by atoms with Crippen molar-refractivity contribution in [3.8, 4) is 11.1 Å². The lowest BCUT2D eigenvalue weighted by atomic mass is 9.83. The number of hydrogen-bond donors (Lipinski definition) is 3. The minimum atomic E-state index is -1.51. The summed E-state index contributed by atoms with van der Waals surface area (Å²) >= 11 is 0. The second kappa shape index (κ2) is 18.2. The average Bonchev–Trinajstić information content (AvgIpc) is 3.22. The lowest BCUT2D eigenvalue weighted by Crippen LogP contribution is -2.50. The predicted octanol–water partition coefficient (Wildman–Crippen LogP) is 10.6. The lowest BCUT2D eigenvalue weighted by molar-refractivity contribution is -0.142. The second-order valence-corrected chi connectivity index (χ2v) is 14.2. The van der Waals surface area contributed by atoms with Crippen LogP contribution in [-0.2, 0) is 17.6 Å². The molecule has 0 heterocycles. The van der Waals surface area contributed by atoms with E-state index in [1.807, 2.05) is 115 Å². The molecule has 0 fully saturated rings. The van der Waals surface area contributed by atoms with Crippen molar-refractivity contribution in [1.29, 1.82) is 0 Å². The van der Waals surface area contributed by atoms with Crippen LogP contribution >= 0.6 is 0 Å². The molecule has 0 unspecified atom stereocenters. The van der Waals surface area contributed by atoms with Crippen molar-refractivity contribution in [2.45, 2.75) is 57.4 Å². The SMILES string of the molecule is CCCCCCCNC(=O)N(C)c1cccc(-c2ccc(C[C@@](Cc3ccc4ccccc4c3)(Nc3ccccc3C(=O)c3ccccc3)C(=O)O)cc2)c1. The van der Waals surface area contributed by atoms with Crippen molar-refractivity contribution in [3.63, 3.8) is 0 Å². The normalized spacial score (nSPS) is 12.1. The van der Waals surface area contributed by atoms with Crippen LogP contribution in [0.4, 0.5) is 16.2 Å². The quantitative estimate of drug-likeness (QED) is 0.0641. The molecule has 280 valence electrons. The molecule has 0 aliphatic heterocycles. The van der Waals surface area contributed by atoms with Gasteiger partial charge in [-0.1, -0.05) is 154 Å². The summed E-state index contributed by atoms with van der Waals surface area (Å²) < 4.78 is 0. The summed E-state index contributed by atoms with van der Waals surface area (Å²) in [5.41, 5.74) is 4.21. The van der Waals surface area contributed by atoms with E-state index in [4.69, 9.17) is 0 Å². The highest BCUT2D eigenvalue weighted by Crippen LogP contribution is 2.31. The van der Waals surface area contributed by atoms with E-state index in [0.29, 0.717) is 23.4 Å². The maximum atomic E-state index is 13.7. The van der Waals surface area contributed by atoms with Gasteiger partial charge in [0.2, 0.25) is 0 Å². The number of unbranched alkanes of at least 4 members (excludes halogenated alkanes) is 4. The zero-order valence-corrected chi connectivity index (χ0v) is 31.6. The van der Waals surface area contributed by atoms with Gasteiger partial charge in [-0.2, -0.15) is 0 Å².